The van der Waals surface area contributed by atoms with Gasteiger partial charge < -0.3 is 5.32 Å². The number of pyridine rings is 1. The van der Waals surface area contributed by atoms with Crippen LogP contribution in [0.4, 0.5) is 8.78 Å². The van der Waals surface area contributed by atoms with E-state index in [4.69, 9.17) is 0 Å². The third kappa shape index (κ3) is 3.16. The molecule has 0 fully saturated rings. The summed E-state index contributed by atoms with van der Waals surface area (Å²) in [5.74, 6) is -0.742. The lowest BCUT2D eigenvalue weighted by Gasteiger charge is -2.19. The molecule has 0 aliphatic heterocycles. The predicted octanol–water partition coefficient (Wildman–Crippen LogP) is 3.82. The number of hydrogen-bond donors (Lipinski definition) is 1. The van der Waals surface area contributed by atoms with E-state index < -0.39 is 11.9 Å². The Kier molecular flexibility index (Phi) is 4.61. The van der Waals surface area contributed by atoms with Crippen molar-refractivity contribution in [2.24, 2.45) is 0 Å². The molecule has 0 amide bonds. The van der Waals surface area contributed by atoms with Crippen LogP contribution in [0.3, 0.4) is 0 Å². The Morgan fingerprint density at radius 3 is 2.68 bits per heavy atom. The van der Waals surface area contributed by atoms with Crippen molar-refractivity contribution in [2.45, 2.75) is 13.0 Å². The molecule has 0 radical (unpaired) electrons. The molecule has 1 aromatic carbocycles. The van der Waals surface area contributed by atoms with Crippen LogP contribution in [-0.2, 0) is 0 Å². The quantitative estimate of drug-likeness (QED) is 0.923. The van der Waals surface area contributed by atoms with Gasteiger partial charge in [0.05, 0.1) is 22.4 Å². The van der Waals surface area contributed by atoms with Crippen LogP contribution in [-0.4, -0.2) is 11.5 Å². The summed E-state index contributed by atoms with van der Waals surface area (Å²) in [4.78, 5) is 4.02. The standard InChI is InChI=1S/C14H13BrF2N2/c1-2-18-14(12-7-6-9(16)8-19-12)10-4-3-5-11(15)13(10)17/h3-8,14,18H,2H2,1H3. The van der Waals surface area contributed by atoms with Crippen LogP contribution < -0.4 is 5.32 Å². The summed E-state index contributed by atoms with van der Waals surface area (Å²) < 4.78 is 27.5. The van der Waals surface area contributed by atoms with E-state index >= 15 is 0 Å². The van der Waals surface area contributed by atoms with Crippen LogP contribution in [0.1, 0.15) is 24.2 Å². The van der Waals surface area contributed by atoms with Crippen molar-refractivity contribution < 1.29 is 8.78 Å². The molecule has 2 rings (SSSR count). The smallest absolute Gasteiger partial charge is 0.142 e. The molecule has 5 heteroatoms. The van der Waals surface area contributed by atoms with Gasteiger partial charge in [0.25, 0.3) is 0 Å². The lowest BCUT2D eigenvalue weighted by molar-refractivity contribution is 0.545. The van der Waals surface area contributed by atoms with Crippen LogP contribution >= 0.6 is 15.9 Å². The molecule has 0 spiro atoms. The molecular weight excluding hydrogens is 314 g/mol. The molecule has 2 aromatic rings. The average molecular weight is 327 g/mol. The number of rotatable bonds is 4. The molecule has 0 bridgehead atoms. The van der Waals surface area contributed by atoms with E-state index in [1.54, 1.807) is 24.3 Å². The molecule has 0 saturated heterocycles. The van der Waals surface area contributed by atoms with E-state index in [1.807, 2.05) is 6.92 Å². The largest absolute Gasteiger partial charge is 0.305 e. The minimum absolute atomic E-state index is 0.334. The van der Waals surface area contributed by atoms with Crippen molar-refractivity contribution in [2.75, 3.05) is 6.54 Å². The lowest BCUT2D eigenvalue weighted by Crippen LogP contribution is -2.24. The van der Waals surface area contributed by atoms with E-state index in [9.17, 15) is 8.78 Å². The predicted molar refractivity (Wildman–Crippen MR) is 73.8 cm³/mol. The topological polar surface area (TPSA) is 24.9 Å². The Labute approximate surface area is 119 Å². The molecule has 0 aliphatic carbocycles. The zero-order valence-electron chi connectivity index (χ0n) is 10.3. The van der Waals surface area contributed by atoms with Crippen LogP contribution in [0, 0.1) is 11.6 Å². The van der Waals surface area contributed by atoms with Crippen molar-refractivity contribution in [3.63, 3.8) is 0 Å². The van der Waals surface area contributed by atoms with Crippen LogP contribution in [0.5, 0.6) is 0 Å². The molecule has 1 aromatic heterocycles. The van der Waals surface area contributed by atoms with Gasteiger partial charge >= 0.3 is 0 Å². The molecule has 2 nitrogen and oxygen atoms in total. The fraction of sp³-hybridized carbons (Fsp3) is 0.214. The zero-order valence-corrected chi connectivity index (χ0v) is 11.9. The highest BCUT2D eigenvalue weighted by molar-refractivity contribution is 9.10. The molecule has 1 N–H and O–H groups in total. The first-order valence-corrected chi connectivity index (χ1v) is 6.71. The monoisotopic (exact) mass is 326 g/mol. The Bertz CT molecular complexity index is 558. The van der Waals surface area contributed by atoms with Crippen LogP contribution in [0.2, 0.25) is 0 Å². The third-order valence-electron chi connectivity index (χ3n) is 2.75. The van der Waals surface area contributed by atoms with Gasteiger partial charge in [-0.25, -0.2) is 8.78 Å². The van der Waals surface area contributed by atoms with Crippen LogP contribution in [0.25, 0.3) is 0 Å². The molecular formula is C14H13BrF2N2. The Morgan fingerprint density at radius 1 is 1.26 bits per heavy atom. The minimum atomic E-state index is -0.409. The summed E-state index contributed by atoms with van der Waals surface area (Å²) in [5.41, 5.74) is 1.07. The van der Waals surface area contributed by atoms with E-state index in [-0.39, 0.29) is 5.82 Å². The molecule has 0 saturated carbocycles. The number of aromatic nitrogens is 1. The SMILES string of the molecule is CCNC(c1ccc(F)cn1)c1cccc(Br)c1F. The van der Waals surface area contributed by atoms with Crippen molar-refractivity contribution in [1.82, 2.24) is 10.3 Å². The fourth-order valence-electron chi connectivity index (χ4n) is 1.88. The van der Waals surface area contributed by atoms with Gasteiger partial charge in [0.2, 0.25) is 0 Å². The maximum atomic E-state index is 14.2. The van der Waals surface area contributed by atoms with E-state index in [1.165, 1.54) is 6.07 Å². The second-order valence-electron chi connectivity index (χ2n) is 4.04. The summed E-state index contributed by atoms with van der Waals surface area (Å²) in [6.45, 7) is 2.57. The first-order chi connectivity index (χ1) is 9.13. The van der Waals surface area contributed by atoms with Gasteiger partial charge in [-0.3, -0.25) is 4.98 Å². The Morgan fingerprint density at radius 2 is 2.05 bits per heavy atom. The van der Waals surface area contributed by atoms with Gasteiger partial charge in [-0.15, -0.1) is 0 Å². The lowest BCUT2D eigenvalue weighted by atomic mass is 10.0. The van der Waals surface area contributed by atoms with Crippen LogP contribution in [0.15, 0.2) is 41.0 Å². The summed E-state index contributed by atoms with van der Waals surface area (Å²) in [6.07, 6.45) is 1.13. The van der Waals surface area contributed by atoms with Crippen molar-refractivity contribution in [1.29, 1.82) is 0 Å². The van der Waals surface area contributed by atoms with Gasteiger partial charge in [0, 0.05) is 5.56 Å². The van der Waals surface area contributed by atoms with E-state index in [0.29, 0.717) is 22.3 Å². The van der Waals surface area contributed by atoms with E-state index in [2.05, 4.69) is 26.2 Å². The minimum Gasteiger partial charge on any atom is -0.305 e. The first-order valence-electron chi connectivity index (χ1n) is 5.92. The maximum absolute atomic E-state index is 14.2. The summed E-state index contributed by atoms with van der Waals surface area (Å²) in [7, 11) is 0. The number of hydrogen-bond acceptors (Lipinski definition) is 2. The molecule has 100 valence electrons. The van der Waals surface area contributed by atoms with Crippen molar-refractivity contribution in [3.8, 4) is 0 Å². The average Bonchev–Trinajstić information content (AvgIpc) is 2.41. The number of nitrogens with zero attached hydrogens (tertiary/aromatic N) is 1. The first kappa shape index (κ1) is 14.1. The fourth-order valence-corrected chi connectivity index (χ4v) is 2.26. The van der Waals surface area contributed by atoms with E-state index in [0.717, 1.165) is 6.20 Å². The summed E-state index contributed by atoms with van der Waals surface area (Å²) >= 11 is 3.17. The van der Waals surface area contributed by atoms with Gasteiger partial charge in [-0.2, -0.15) is 0 Å². The zero-order chi connectivity index (χ0) is 13.8. The Hall–Kier alpha value is -1.33. The van der Waals surface area contributed by atoms with Gasteiger partial charge in [-0.05, 0) is 40.7 Å². The molecule has 1 atom stereocenters. The second-order valence-corrected chi connectivity index (χ2v) is 4.89. The molecule has 1 unspecified atom stereocenters. The highest BCUT2D eigenvalue weighted by atomic mass is 79.9. The highest BCUT2D eigenvalue weighted by Crippen LogP contribution is 2.27. The summed E-state index contributed by atoms with van der Waals surface area (Å²) in [6, 6.07) is 7.57. The van der Waals surface area contributed by atoms with Gasteiger partial charge in [0.1, 0.15) is 11.6 Å². The third-order valence-corrected chi connectivity index (χ3v) is 3.36. The van der Waals surface area contributed by atoms with Gasteiger partial charge in [-0.1, -0.05) is 19.1 Å². The number of nitrogens with one attached hydrogen (secondary N) is 1. The normalized spacial score (nSPS) is 12.4. The van der Waals surface area contributed by atoms with Crippen molar-refractivity contribution in [3.05, 3.63) is 63.9 Å². The maximum Gasteiger partial charge on any atom is 0.142 e. The number of benzene rings is 1. The molecule has 0 aliphatic rings. The molecule has 1 heterocycles. The second kappa shape index (κ2) is 6.21. The van der Waals surface area contributed by atoms with Crippen molar-refractivity contribution >= 4 is 15.9 Å². The summed E-state index contributed by atoms with van der Waals surface area (Å²) in [5, 5.41) is 3.16. The number of halogens is 3. The molecule has 19 heavy (non-hydrogen) atoms. The Balaban J connectivity index is 2.45. The van der Waals surface area contributed by atoms with Gasteiger partial charge in [0.15, 0.2) is 0 Å². The highest BCUT2D eigenvalue weighted by Gasteiger charge is 2.19.